The van der Waals surface area contributed by atoms with Crippen LogP contribution >= 0.6 is 11.3 Å². The Hall–Kier alpha value is -1.36. The Morgan fingerprint density at radius 3 is 2.82 bits per heavy atom. The molecule has 1 N–H and O–H groups in total. The van der Waals surface area contributed by atoms with Crippen LogP contribution in [0.2, 0.25) is 0 Å². The molecule has 2 rings (SSSR count). The van der Waals surface area contributed by atoms with E-state index in [1.165, 1.54) is 4.88 Å². The molecule has 92 valence electrons. The third-order valence-electron chi connectivity index (χ3n) is 2.64. The second-order valence-corrected chi connectivity index (χ2v) is 5.35. The minimum absolute atomic E-state index is 0.692. The molecule has 0 radical (unpaired) electrons. The Morgan fingerprint density at radius 1 is 1.41 bits per heavy atom. The lowest BCUT2D eigenvalue weighted by Gasteiger charge is -2.18. The standard InChI is InChI=1S/C12H18N4S/c1-5-6-16(4)10-9-7-8(2)17-11(9)15-12(13-3)14-10/h7H,5-6H2,1-4H3,(H,13,14,15). The van der Waals surface area contributed by atoms with E-state index in [1.54, 1.807) is 11.3 Å². The SMILES string of the molecule is CCCN(C)c1nc(NC)nc2sc(C)cc12. The third-order valence-corrected chi connectivity index (χ3v) is 3.58. The van der Waals surface area contributed by atoms with Gasteiger partial charge in [-0.05, 0) is 19.4 Å². The first-order chi connectivity index (χ1) is 8.15. The average molecular weight is 250 g/mol. The van der Waals surface area contributed by atoms with Crippen molar-refractivity contribution in [2.24, 2.45) is 0 Å². The molecule has 0 amide bonds. The van der Waals surface area contributed by atoms with Gasteiger partial charge in [0.15, 0.2) is 0 Å². The molecule has 2 aromatic heterocycles. The van der Waals surface area contributed by atoms with Gasteiger partial charge in [0.2, 0.25) is 5.95 Å². The van der Waals surface area contributed by atoms with Crippen LogP contribution in [0.1, 0.15) is 18.2 Å². The van der Waals surface area contributed by atoms with Gasteiger partial charge in [-0.25, -0.2) is 4.98 Å². The highest BCUT2D eigenvalue weighted by atomic mass is 32.1. The topological polar surface area (TPSA) is 41.1 Å². The van der Waals surface area contributed by atoms with E-state index in [0.29, 0.717) is 5.95 Å². The molecular formula is C12H18N4S. The average Bonchev–Trinajstić information content (AvgIpc) is 2.67. The van der Waals surface area contributed by atoms with Crippen molar-refractivity contribution in [1.29, 1.82) is 0 Å². The van der Waals surface area contributed by atoms with Gasteiger partial charge in [0.25, 0.3) is 0 Å². The van der Waals surface area contributed by atoms with Crippen LogP contribution in [0.5, 0.6) is 0 Å². The lowest BCUT2D eigenvalue weighted by Crippen LogP contribution is -2.19. The van der Waals surface area contributed by atoms with Crippen LogP contribution in [0.3, 0.4) is 0 Å². The molecule has 0 saturated heterocycles. The van der Waals surface area contributed by atoms with E-state index in [-0.39, 0.29) is 0 Å². The highest BCUT2D eigenvalue weighted by Crippen LogP contribution is 2.31. The molecule has 2 heterocycles. The summed E-state index contributed by atoms with van der Waals surface area (Å²) in [7, 11) is 3.93. The molecule has 0 aliphatic heterocycles. The molecule has 4 nitrogen and oxygen atoms in total. The number of hydrogen-bond donors (Lipinski definition) is 1. The van der Waals surface area contributed by atoms with Gasteiger partial charge < -0.3 is 10.2 Å². The first-order valence-corrected chi connectivity index (χ1v) is 6.64. The van der Waals surface area contributed by atoms with Crippen molar-refractivity contribution in [3.05, 3.63) is 10.9 Å². The molecule has 0 unspecified atom stereocenters. The maximum Gasteiger partial charge on any atom is 0.225 e. The van der Waals surface area contributed by atoms with Gasteiger partial charge in [0.1, 0.15) is 10.6 Å². The van der Waals surface area contributed by atoms with Gasteiger partial charge in [-0.15, -0.1) is 11.3 Å². The van der Waals surface area contributed by atoms with Gasteiger partial charge in [-0.2, -0.15) is 4.98 Å². The fourth-order valence-electron chi connectivity index (χ4n) is 1.87. The van der Waals surface area contributed by atoms with Gasteiger partial charge in [-0.3, -0.25) is 0 Å². The minimum atomic E-state index is 0.692. The summed E-state index contributed by atoms with van der Waals surface area (Å²) < 4.78 is 0. The summed E-state index contributed by atoms with van der Waals surface area (Å²) in [6.45, 7) is 5.28. The summed E-state index contributed by atoms with van der Waals surface area (Å²) in [6.07, 6.45) is 1.11. The molecule has 0 aliphatic carbocycles. The maximum atomic E-state index is 4.56. The Balaban J connectivity index is 2.57. The van der Waals surface area contributed by atoms with Crippen LogP contribution < -0.4 is 10.2 Å². The van der Waals surface area contributed by atoms with Gasteiger partial charge in [0.05, 0.1) is 5.39 Å². The lowest BCUT2D eigenvalue weighted by atomic mass is 10.3. The number of fused-ring (bicyclic) bond motifs is 1. The smallest absolute Gasteiger partial charge is 0.225 e. The van der Waals surface area contributed by atoms with Crippen molar-refractivity contribution in [2.45, 2.75) is 20.3 Å². The van der Waals surface area contributed by atoms with Crippen molar-refractivity contribution in [3.8, 4) is 0 Å². The zero-order valence-electron chi connectivity index (χ0n) is 10.7. The van der Waals surface area contributed by atoms with Crippen molar-refractivity contribution >= 4 is 33.3 Å². The van der Waals surface area contributed by atoms with E-state index >= 15 is 0 Å². The van der Waals surface area contributed by atoms with E-state index in [0.717, 1.165) is 29.0 Å². The normalized spacial score (nSPS) is 10.8. The number of anilines is 2. The number of nitrogens with zero attached hydrogens (tertiary/aromatic N) is 3. The zero-order chi connectivity index (χ0) is 12.4. The van der Waals surface area contributed by atoms with Crippen LogP contribution in [0.4, 0.5) is 11.8 Å². The van der Waals surface area contributed by atoms with Gasteiger partial charge in [0, 0.05) is 25.5 Å². The molecule has 0 atom stereocenters. The number of hydrogen-bond acceptors (Lipinski definition) is 5. The third kappa shape index (κ3) is 2.34. The molecule has 2 aromatic rings. The molecule has 0 saturated carbocycles. The predicted molar refractivity (Wildman–Crippen MR) is 75.3 cm³/mol. The Morgan fingerprint density at radius 2 is 2.18 bits per heavy atom. The second-order valence-electron chi connectivity index (χ2n) is 4.12. The molecule has 17 heavy (non-hydrogen) atoms. The van der Waals surface area contributed by atoms with Crippen LogP contribution in [0.25, 0.3) is 10.2 Å². The maximum absolute atomic E-state index is 4.56. The highest BCUT2D eigenvalue weighted by Gasteiger charge is 2.12. The van der Waals surface area contributed by atoms with Crippen molar-refractivity contribution < 1.29 is 0 Å². The summed E-state index contributed by atoms with van der Waals surface area (Å²) >= 11 is 1.71. The van der Waals surface area contributed by atoms with E-state index in [2.05, 4.69) is 47.1 Å². The van der Waals surface area contributed by atoms with Crippen LogP contribution in [0, 0.1) is 6.92 Å². The lowest BCUT2D eigenvalue weighted by molar-refractivity contribution is 0.840. The monoisotopic (exact) mass is 250 g/mol. The molecule has 0 bridgehead atoms. The molecule has 5 heteroatoms. The summed E-state index contributed by atoms with van der Waals surface area (Å²) in [5, 5.41) is 4.18. The summed E-state index contributed by atoms with van der Waals surface area (Å²) in [6, 6.07) is 2.17. The van der Waals surface area contributed by atoms with Gasteiger partial charge in [-0.1, -0.05) is 6.92 Å². The van der Waals surface area contributed by atoms with Crippen LogP contribution in [0.15, 0.2) is 6.07 Å². The summed E-state index contributed by atoms with van der Waals surface area (Å²) in [5.41, 5.74) is 0. The van der Waals surface area contributed by atoms with Crippen molar-refractivity contribution in [2.75, 3.05) is 30.9 Å². The molecule has 0 aliphatic rings. The number of rotatable bonds is 4. The molecule has 0 aromatic carbocycles. The van der Waals surface area contributed by atoms with E-state index in [1.807, 2.05) is 7.05 Å². The van der Waals surface area contributed by atoms with Crippen molar-refractivity contribution in [1.82, 2.24) is 9.97 Å². The fourth-order valence-corrected chi connectivity index (χ4v) is 2.75. The number of thiophene rings is 1. The van der Waals surface area contributed by atoms with Gasteiger partial charge >= 0.3 is 0 Å². The quantitative estimate of drug-likeness (QED) is 0.906. The zero-order valence-corrected chi connectivity index (χ0v) is 11.6. The number of aryl methyl sites for hydroxylation is 1. The number of nitrogens with one attached hydrogen (secondary N) is 1. The summed E-state index contributed by atoms with van der Waals surface area (Å²) in [4.78, 5) is 13.6. The Bertz CT molecular complexity index is 520. The van der Waals surface area contributed by atoms with E-state index in [9.17, 15) is 0 Å². The second kappa shape index (κ2) is 4.87. The Kier molecular flexibility index (Phi) is 3.47. The number of aromatic nitrogens is 2. The molecule has 0 spiro atoms. The minimum Gasteiger partial charge on any atom is -0.359 e. The predicted octanol–water partition coefficient (Wildman–Crippen LogP) is 2.89. The molecular weight excluding hydrogens is 232 g/mol. The first-order valence-electron chi connectivity index (χ1n) is 5.82. The van der Waals surface area contributed by atoms with Crippen LogP contribution in [-0.4, -0.2) is 30.6 Å². The first kappa shape index (κ1) is 12.1. The fraction of sp³-hybridized carbons (Fsp3) is 0.500. The van der Waals surface area contributed by atoms with E-state index in [4.69, 9.17) is 0 Å². The molecule has 0 fully saturated rings. The van der Waals surface area contributed by atoms with Crippen molar-refractivity contribution in [3.63, 3.8) is 0 Å². The summed E-state index contributed by atoms with van der Waals surface area (Å²) in [5.74, 6) is 1.71. The largest absolute Gasteiger partial charge is 0.359 e. The Labute approximate surface area is 106 Å². The highest BCUT2D eigenvalue weighted by molar-refractivity contribution is 7.18. The van der Waals surface area contributed by atoms with E-state index < -0.39 is 0 Å². The van der Waals surface area contributed by atoms with Crippen LogP contribution in [-0.2, 0) is 0 Å².